The van der Waals surface area contributed by atoms with Gasteiger partial charge in [0.25, 0.3) is 0 Å². The standard InChI is InChI=1S/C11H7BrF3N3/c12-9-4-5-16-10(18-9)17-8-3-1-2-7(6-8)11(13,14)15/h1-6H,(H,16,17,18). The van der Waals surface area contributed by atoms with Crippen LogP contribution in [0.2, 0.25) is 0 Å². The predicted octanol–water partition coefficient (Wildman–Crippen LogP) is 4.00. The Balaban J connectivity index is 2.25. The maximum Gasteiger partial charge on any atom is 0.416 e. The van der Waals surface area contributed by atoms with Crippen molar-refractivity contribution in [3.63, 3.8) is 0 Å². The van der Waals surface area contributed by atoms with E-state index in [0.717, 1.165) is 12.1 Å². The minimum absolute atomic E-state index is 0.226. The van der Waals surface area contributed by atoms with Gasteiger partial charge in [0.2, 0.25) is 5.95 Å². The third kappa shape index (κ3) is 3.19. The molecule has 1 aromatic heterocycles. The highest BCUT2D eigenvalue weighted by molar-refractivity contribution is 9.10. The van der Waals surface area contributed by atoms with Crippen LogP contribution in [0.1, 0.15) is 5.56 Å². The molecule has 0 amide bonds. The Kier molecular flexibility index (Phi) is 3.51. The summed E-state index contributed by atoms with van der Waals surface area (Å²) >= 11 is 3.15. The van der Waals surface area contributed by atoms with Gasteiger partial charge in [-0.1, -0.05) is 6.07 Å². The van der Waals surface area contributed by atoms with Gasteiger partial charge in [-0.25, -0.2) is 9.97 Å². The SMILES string of the molecule is FC(F)(F)c1cccc(Nc2nccc(Br)n2)c1. The van der Waals surface area contributed by atoms with Crippen molar-refractivity contribution in [3.05, 3.63) is 46.7 Å². The number of rotatable bonds is 2. The molecule has 0 aliphatic heterocycles. The van der Waals surface area contributed by atoms with Crippen LogP contribution in [0.4, 0.5) is 24.8 Å². The van der Waals surface area contributed by atoms with Crippen LogP contribution in [-0.4, -0.2) is 9.97 Å². The van der Waals surface area contributed by atoms with Crippen molar-refractivity contribution in [2.75, 3.05) is 5.32 Å². The van der Waals surface area contributed by atoms with Gasteiger partial charge < -0.3 is 5.32 Å². The summed E-state index contributed by atoms with van der Waals surface area (Å²) in [5, 5.41) is 2.70. The number of anilines is 2. The van der Waals surface area contributed by atoms with E-state index in [4.69, 9.17) is 0 Å². The van der Waals surface area contributed by atoms with Gasteiger partial charge in [-0.05, 0) is 40.2 Å². The first-order valence-corrected chi connectivity index (χ1v) is 5.67. The van der Waals surface area contributed by atoms with Crippen molar-refractivity contribution < 1.29 is 13.2 Å². The van der Waals surface area contributed by atoms with Gasteiger partial charge >= 0.3 is 6.18 Å². The summed E-state index contributed by atoms with van der Waals surface area (Å²) in [7, 11) is 0. The first-order valence-electron chi connectivity index (χ1n) is 4.88. The van der Waals surface area contributed by atoms with Crippen LogP contribution in [0, 0.1) is 0 Å². The molecule has 0 radical (unpaired) electrons. The molecule has 0 aliphatic rings. The van der Waals surface area contributed by atoms with Crippen molar-refractivity contribution in [2.45, 2.75) is 6.18 Å². The Morgan fingerprint density at radius 3 is 2.61 bits per heavy atom. The number of hydrogen-bond acceptors (Lipinski definition) is 3. The molecule has 0 aliphatic carbocycles. The fourth-order valence-corrected chi connectivity index (χ4v) is 1.59. The maximum absolute atomic E-state index is 12.5. The fraction of sp³-hybridized carbons (Fsp3) is 0.0909. The number of hydrogen-bond donors (Lipinski definition) is 1. The van der Waals surface area contributed by atoms with Gasteiger partial charge in [-0.15, -0.1) is 0 Å². The second-order valence-corrected chi connectivity index (χ2v) is 4.22. The Labute approximate surface area is 109 Å². The molecule has 7 heteroatoms. The van der Waals surface area contributed by atoms with E-state index < -0.39 is 11.7 Å². The van der Waals surface area contributed by atoms with Crippen molar-refractivity contribution in [3.8, 4) is 0 Å². The zero-order valence-corrected chi connectivity index (χ0v) is 10.5. The van der Waals surface area contributed by atoms with Gasteiger partial charge in [-0.2, -0.15) is 13.2 Å². The van der Waals surface area contributed by atoms with E-state index in [9.17, 15) is 13.2 Å². The summed E-state index contributed by atoms with van der Waals surface area (Å²) in [6.07, 6.45) is -2.87. The van der Waals surface area contributed by atoms with Gasteiger partial charge in [-0.3, -0.25) is 0 Å². The van der Waals surface area contributed by atoms with E-state index in [1.807, 2.05) is 0 Å². The zero-order chi connectivity index (χ0) is 13.2. The van der Waals surface area contributed by atoms with E-state index in [-0.39, 0.29) is 11.6 Å². The predicted molar refractivity (Wildman–Crippen MR) is 64.5 cm³/mol. The van der Waals surface area contributed by atoms with Gasteiger partial charge in [0.1, 0.15) is 4.60 Å². The average Bonchev–Trinajstić information content (AvgIpc) is 2.28. The van der Waals surface area contributed by atoms with Gasteiger partial charge in [0.15, 0.2) is 0 Å². The van der Waals surface area contributed by atoms with E-state index in [0.29, 0.717) is 4.60 Å². The van der Waals surface area contributed by atoms with Crippen molar-refractivity contribution in [2.24, 2.45) is 0 Å². The third-order valence-electron chi connectivity index (χ3n) is 2.07. The Morgan fingerprint density at radius 1 is 1.17 bits per heavy atom. The lowest BCUT2D eigenvalue weighted by Gasteiger charge is -2.09. The fourth-order valence-electron chi connectivity index (χ4n) is 1.30. The van der Waals surface area contributed by atoms with Crippen molar-refractivity contribution in [1.29, 1.82) is 0 Å². The molecule has 0 bridgehead atoms. The highest BCUT2D eigenvalue weighted by Crippen LogP contribution is 2.31. The Bertz CT molecular complexity index is 557. The molecular weight excluding hydrogens is 311 g/mol. The molecule has 0 atom stereocenters. The van der Waals surface area contributed by atoms with Crippen LogP contribution in [0.5, 0.6) is 0 Å². The first-order chi connectivity index (χ1) is 8.45. The highest BCUT2D eigenvalue weighted by Gasteiger charge is 2.30. The lowest BCUT2D eigenvalue weighted by atomic mass is 10.2. The van der Waals surface area contributed by atoms with Crippen LogP contribution in [0.3, 0.4) is 0 Å². The molecule has 0 saturated heterocycles. The topological polar surface area (TPSA) is 37.8 Å². The molecule has 1 N–H and O–H groups in total. The minimum atomic E-state index is -4.37. The van der Waals surface area contributed by atoms with Crippen LogP contribution in [0.15, 0.2) is 41.1 Å². The summed E-state index contributed by atoms with van der Waals surface area (Å²) in [5.41, 5.74) is -0.439. The largest absolute Gasteiger partial charge is 0.416 e. The number of alkyl halides is 3. The molecule has 0 spiro atoms. The number of nitrogens with zero attached hydrogens (tertiary/aromatic N) is 2. The molecule has 1 aromatic carbocycles. The van der Waals surface area contributed by atoms with E-state index >= 15 is 0 Å². The van der Waals surface area contributed by atoms with Crippen LogP contribution in [0.25, 0.3) is 0 Å². The molecule has 0 unspecified atom stereocenters. The first kappa shape index (κ1) is 12.8. The summed E-state index contributed by atoms with van der Waals surface area (Å²) in [6, 6.07) is 6.47. The number of halogens is 4. The van der Waals surface area contributed by atoms with Crippen LogP contribution in [-0.2, 0) is 6.18 Å². The molecule has 3 nitrogen and oxygen atoms in total. The normalized spacial score (nSPS) is 11.3. The number of nitrogens with one attached hydrogen (secondary N) is 1. The molecule has 94 valence electrons. The summed E-state index contributed by atoms with van der Waals surface area (Å²) in [4.78, 5) is 7.87. The molecule has 18 heavy (non-hydrogen) atoms. The summed E-state index contributed by atoms with van der Waals surface area (Å²) < 4.78 is 38.1. The second-order valence-electron chi connectivity index (χ2n) is 3.41. The number of aromatic nitrogens is 2. The minimum Gasteiger partial charge on any atom is -0.324 e. The lowest BCUT2D eigenvalue weighted by molar-refractivity contribution is -0.137. The zero-order valence-electron chi connectivity index (χ0n) is 8.87. The Hall–Kier alpha value is -1.63. The van der Waals surface area contributed by atoms with Gasteiger partial charge in [0.05, 0.1) is 5.56 Å². The maximum atomic E-state index is 12.5. The Morgan fingerprint density at radius 2 is 1.94 bits per heavy atom. The van der Waals surface area contributed by atoms with Crippen molar-refractivity contribution >= 4 is 27.6 Å². The summed E-state index contributed by atoms with van der Waals surface area (Å²) in [5.74, 6) is 0.226. The van der Waals surface area contributed by atoms with E-state index in [2.05, 4.69) is 31.2 Å². The highest BCUT2D eigenvalue weighted by atomic mass is 79.9. The monoisotopic (exact) mass is 317 g/mol. The van der Waals surface area contributed by atoms with E-state index in [1.165, 1.54) is 18.3 Å². The van der Waals surface area contributed by atoms with Gasteiger partial charge in [0, 0.05) is 11.9 Å². The molecular formula is C11H7BrF3N3. The molecule has 1 heterocycles. The summed E-state index contributed by atoms with van der Waals surface area (Å²) in [6.45, 7) is 0. The molecule has 2 rings (SSSR count). The number of benzene rings is 1. The lowest BCUT2D eigenvalue weighted by Crippen LogP contribution is -2.05. The quantitative estimate of drug-likeness (QED) is 0.851. The molecule has 0 fully saturated rings. The van der Waals surface area contributed by atoms with Crippen molar-refractivity contribution in [1.82, 2.24) is 9.97 Å². The smallest absolute Gasteiger partial charge is 0.324 e. The molecule has 2 aromatic rings. The van der Waals surface area contributed by atoms with Crippen LogP contribution < -0.4 is 5.32 Å². The van der Waals surface area contributed by atoms with Crippen LogP contribution >= 0.6 is 15.9 Å². The second kappa shape index (κ2) is 4.93. The van der Waals surface area contributed by atoms with E-state index in [1.54, 1.807) is 6.07 Å². The average molecular weight is 318 g/mol. The molecule has 0 saturated carbocycles. The third-order valence-corrected chi connectivity index (χ3v) is 2.51.